The van der Waals surface area contributed by atoms with Gasteiger partial charge in [0.2, 0.25) is 0 Å². The van der Waals surface area contributed by atoms with Crippen molar-refractivity contribution in [1.82, 2.24) is 5.32 Å². The zero-order chi connectivity index (χ0) is 14.9. The fourth-order valence-electron chi connectivity index (χ4n) is 3.03. The number of aliphatic hydroxyl groups is 1. The molecule has 0 aliphatic heterocycles. The van der Waals surface area contributed by atoms with E-state index in [1.807, 2.05) is 25.1 Å². The van der Waals surface area contributed by atoms with Gasteiger partial charge in [0, 0.05) is 12.1 Å². The predicted molar refractivity (Wildman–Crippen MR) is 81.9 cm³/mol. The standard InChI is InChI=1S/C18H21NO2/c1-13-4-5-14(3-2-10-20)16(11-13)17(21)19-12-18(8-9-18)15-6-7-15/h4-5,11,15,20H,6-10,12H2,1H3,(H,19,21). The summed E-state index contributed by atoms with van der Waals surface area (Å²) in [6.07, 6.45) is 5.16. The molecule has 21 heavy (non-hydrogen) atoms. The van der Waals surface area contributed by atoms with E-state index in [0.29, 0.717) is 16.5 Å². The Balaban J connectivity index is 1.72. The molecular weight excluding hydrogens is 262 g/mol. The van der Waals surface area contributed by atoms with Gasteiger partial charge >= 0.3 is 0 Å². The number of benzene rings is 1. The van der Waals surface area contributed by atoms with Gasteiger partial charge in [-0.3, -0.25) is 4.79 Å². The molecule has 0 atom stereocenters. The predicted octanol–water partition coefficient (Wildman–Crippen LogP) is 2.26. The second-order valence-corrected chi connectivity index (χ2v) is 6.33. The lowest BCUT2D eigenvalue weighted by atomic mass is 9.99. The van der Waals surface area contributed by atoms with Gasteiger partial charge in [-0.25, -0.2) is 0 Å². The van der Waals surface area contributed by atoms with Crippen LogP contribution in [-0.2, 0) is 0 Å². The summed E-state index contributed by atoms with van der Waals surface area (Å²) in [6, 6.07) is 5.65. The van der Waals surface area contributed by atoms with Gasteiger partial charge in [-0.15, -0.1) is 0 Å². The van der Waals surface area contributed by atoms with Crippen LogP contribution in [-0.4, -0.2) is 24.2 Å². The molecule has 3 rings (SSSR count). The Labute approximate surface area is 125 Å². The fraction of sp³-hybridized carbons (Fsp3) is 0.500. The maximum Gasteiger partial charge on any atom is 0.252 e. The molecule has 0 unspecified atom stereocenters. The van der Waals surface area contributed by atoms with Crippen LogP contribution in [0.1, 0.15) is 47.2 Å². The maximum absolute atomic E-state index is 12.5. The van der Waals surface area contributed by atoms with E-state index in [-0.39, 0.29) is 12.5 Å². The highest BCUT2D eigenvalue weighted by atomic mass is 16.2. The summed E-state index contributed by atoms with van der Waals surface area (Å²) in [5.74, 6) is 6.26. The summed E-state index contributed by atoms with van der Waals surface area (Å²) in [7, 11) is 0. The van der Waals surface area contributed by atoms with Crippen LogP contribution >= 0.6 is 0 Å². The van der Waals surface area contributed by atoms with Crippen molar-refractivity contribution in [2.24, 2.45) is 11.3 Å². The van der Waals surface area contributed by atoms with Crippen LogP contribution in [0.25, 0.3) is 0 Å². The van der Waals surface area contributed by atoms with Crippen LogP contribution in [0, 0.1) is 30.1 Å². The number of amides is 1. The lowest BCUT2D eigenvalue weighted by Crippen LogP contribution is -2.31. The van der Waals surface area contributed by atoms with E-state index >= 15 is 0 Å². The molecule has 0 heterocycles. The number of hydrogen-bond donors (Lipinski definition) is 2. The molecule has 1 amide bonds. The summed E-state index contributed by atoms with van der Waals surface area (Å²) in [6.45, 7) is 2.56. The molecule has 0 aromatic heterocycles. The zero-order valence-electron chi connectivity index (χ0n) is 12.4. The molecule has 2 fully saturated rings. The van der Waals surface area contributed by atoms with E-state index < -0.39 is 0 Å². The Morgan fingerprint density at radius 1 is 1.43 bits per heavy atom. The van der Waals surface area contributed by atoms with Crippen LogP contribution in [0.3, 0.4) is 0 Å². The molecular formula is C18H21NO2. The molecule has 2 aliphatic carbocycles. The molecule has 1 aromatic rings. The van der Waals surface area contributed by atoms with Crippen LogP contribution in [0.4, 0.5) is 0 Å². The van der Waals surface area contributed by atoms with Crippen LogP contribution in [0.2, 0.25) is 0 Å². The first-order valence-corrected chi connectivity index (χ1v) is 7.63. The average molecular weight is 283 g/mol. The summed E-state index contributed by atoms with van der Waals surface area (Å²) in [5.41, 5.74) is 2.74. The van der Waals surface area contributed by atoms with Crippen molar-refractivity contribution in [3.8, 4) is 11.8 Å². The van der Waals surface area contributed by atoms with Crippen LogP contribution < -0.4 is 5.32 Å². The van der Waals surface area contributed by atoms with E-state index in [2.05, 4.69) is 17.2 Å². The van der Waals surface area contributed by atoms with Crippen molar-refractivity contribution in [1.29, 1.82) is 0 Å². The van der Waals surface area contributed by atoms with Crippen molar-refractivity contribution in [2.75, 3.05) is 13.2 Å². The lowest BCUT2D eigenvalue weighted by Gasteiger charge is -2.15. The van der Waals surface area contributed by atoms with Gasteiger partial charge in [-0.05, 0) is 56.1 Å². The summed E-state index contributed by atoms with van der Waals surface area (Å²) < 4.78 is 0. The number of carbonyl (C=O) groups excluding carboxylic acids is 1. The second kappa shape index (κ2) is 5.54. The average Bonchev–Trinajstić information content (AvgIpc) is 3.36. The molecule has 2 saturated carbocycles. The van der Waals surface area contributed by atoms with Crippen molar-refractivity contribution >= 4 is 5.91 Å². The number of rotatable bonds is 4. The van der Waals surface area contributed by atoms with Gasteiger partial charge in [0.05, 0.1) is 5.56 Å². The van der Waals surface area contributed by atoms with Gasteiger partial charge in [-0.2, -0.15) is 0 Å². The highest BCUT2D eigenvalue weighted by Gasteiger charge is 2.53. The first kappa shape index (κ1) is 14.2. The molecule has 1 aromatic carbocycles. The smallest absolute Gasteiger partial charge is 0.252 e. The second-order valence-electron chi connectivity index (χ2n) is 6.33. The van der Waals surface area contributed by atoms with E-state index in [9.17, 15) is 4.79 Å². The van der Waals surface area contributed by atoms with Crippen molar-refractivity contribution in [3.05, 3.63) is 34.9 Å². The number of carbonyl (C=O) groups is 1. The van der Waals surface area contributed by atoms with Crippen molar-refractivity contribution in [3.63, 3.8) is 0 Å². The fourth-order valence-corrected chi connectivity index (χ4v) is 3.03. The lowest BCUT2D eigenvalue weighted by molar-refractivity contribution is 0.0942. The van der Waals surface area contributed by atoms with E-state index in [0.717, 1.165) is 18.0 Å². The number of nitrogens with one attached hydrogen (secondary N) is 1. The van der Waals surface area contributed by atoms with E-state index in [1.165, 1.54) is 25.7 Å². The molecule has 3 nitrogen and oxygen atoms in total. The number of aryl methyl sites for hydroxylation is 1. The minimum atomic E-state index is -0.195. The molecule has 2 N–H and O–H groups in total. The molecule has 0 saturated heterocycles. The van der Waals surface area contributed by atoms with Gasteiger partial charge in [-0.1, -0.05) is 23.5 Å². The summed E-state index contributed by atoms with van der Waals surface area (Å²) in [5, 5.41) is 11.9. The van der Waals surface area contributed by atoms with Gasteiger partial charge in [0.1, 0.15) is 6.61 Å². The van der Waals surface area contributed by atoms with Gasteiger partial charge < -0.3 is 10.4 Å². The van der Waals surface area contributed by atoms with E-state index in [4.69, 9.17) is 5.11 Å². The summed E-state index contributed by atoms with van der Waals surface area (Å²) in [4.78, 5) is 12.5. The van der Waals surface area contributed by atoms with Crippen molar-refractivity contribution < 1.29 is 9.90 Å². The minimum Gasteiger partial charge on any atom is -0.384 e. The molecule has 3 heteroatoms. The van der Waals surface area contributed by atoms with E-state index in [1.54, 1.807) is 0 Å². The number of hydrogen-bond acceptors (Lipinski definition) is 2. The Morgan fingerprint density at radius 3 is 2.81 bits per heavy atom. The topological polar surface area (TPSA) is 49.3 Å². The first-order valence-electron chi connectivity index (χ1n) is 7.63. The third-order valence-electron chi connectivity index (χ3n) is 4.66. The highest BCUT2D eigenvalue weighted by Crippen LogP contribution is 2.60. The Kier molecular flexibility index (Phi) is 3.73. The largest absolute Gasteiger partial charge is 0.384 e. The maximum atomic E-state index is 12.5. The van der Waals surface area contributed by atoms with Crippen LogP contribution in [0.5, 0.6) is 0 Å². The molecule has 2 aliphatic rings. The molecule has 0 radical (unpaired) electrons. The minimum absolute atomic E-state index is 0.0483. The Hall–Kier alpha value is -1.79. The molecule has 110 valence electrons. The molecule has 0 spiro atoms. The third-order valence-corrected chi connectivity index (χ3v) is 4.66. The third kappa shape index (κ3) is 3.11. The zero-order valence-corrected chi connectivity index (χ0v) is 12.4. The quantitative estimate of drug-likeness (QED) is 0.833. The van der Waals surface area contributed by atoms with Gasteiger partial charge in [0.15, 0.2) is 0 Å². The SMILES string of the molecule is Cc1ccc(C#CCO)c(C(=O)NCC2(C3CC3)CC2)c1. The highest BCUT2D eigenvalue weighted by molar-refractivity contribution is 5.97. The summed E-state index contributed by atoms with van der Waals surface area (Å²) >= 11 is 0. The monoisotopic (exact) mass is 283 g/mol. The molecule has 0 bridgehead atoms. The van der Waals surface area contributed by atoms with Crippen molar-refractivity contribution in [2.45, 2.75) is 32.6 Å². The first-order chi connectivity index (χ1) is 10.1. The number of aliphatic hydroxyl groups excluding tert-OH is 1. The van der Waals surface area contributed by atoms with Gasteiger partial charge in [0.25, 0.3) is 5.91 Å². The van der Waals surface area contributed by atoms with Crippen LogP contribution in [0.15, 0.2) is 18.2 Å². The Morgan fingerprint density at radius 2 is 2.19 bits per heavy atom. The normalized spacial score (nSPS) is 18.6. The Bertz CT molecular complexity index is 616.